The minimum atomic E-state index is -0.601. The van der Waals surface area contributed by atoms with Crippen LogP contribution >= 0.6 is 11.6 Å². The van der Waals surface area contributed by atoms with Crippen molar-refractivity contribution in [2.45, 2.75) is 39.0 Å². The van der Waals surface area contributed by atoms with E-state index in [9.17, 15) is 4.79 Å². The van der Waals surface area contributed by atoms with Gasteiger partial charge in [-0.25, -0.2) is 14.8 Å². The fourth-order valence-corrected chi connectivity index (χ4v) is 5.01. The van der Waals surface area contributed by atoms with Crippen molar-refractivity contribution in [3.63, 3.8) is 0 Å². The van der Waals surface area contributed by atoms with Gasteiger partial charge in [0.15, 0.2) is 11.6 Å². The van der Waals surface area contributed by atoms with Crippen molar-refractivity contribution < 1.29 is 4.79 Å². The van der Waals surface area contributed by atoms with Crippen LogP contribution in [-0.2, 0) is 16.6 Å². The highest BCUT2D eigenvalue weighted by Crippen LogP contribution is 2.54. The van der Waals surface area contributed by atoms with Crippen molar-refractivity contribution in [2.24, 2.45) is 11.3 Å². The van der Waals surface area contributed by atoms with Gasteiger partial charge in [0.2, 0.25) is 5.70 Å². The quantitative estimate of drug-likeness (QED) is 0.655. The molecule has 5 heteroatoms. The predicted octanol–water partition coefficient (Wildman–Crippen LogP) is 5.03. The van der Waals surface area contributed by atoms with Crippen LogP contribution in [0, 0.1) is 17.9 Å². The summed E-state index contributed by atoms with van der Waals surface area (Å²) in [5, 5.41) is 0.603. The minimum Gasteiger partial charge on any atom is -0.307 e. The Kier molecular flexibility index (Phi) is 3.98. The van der Waals surface area contributed by atoms with E-state index < -0.39 is 10.8 Å². The first-order valence-electron chi connectivity index (χ1n) is 9.05. The van der Waals surface area contributed by atoms with E-state index >= 15 is 0 Å². The van der Waals surface area contributed by atoms with Crippen LogP contribution in [0.5, 0.6) is 0 Å². The molecule has 0 saturated carbocycles. The van der Waals surface area contributed by atoms with Gasteiger partial charge in [0.25, 0.3) is 0 Å². The lowest BCUT2D eigenvalue weighted by Gasteiger charge is -2.50. The number of hydrogen-bond donors (Lipinski definition) is 0. The van der Waals surface area contributed by atoms with Crippen molar-refractivity contribution in [3.8, 4) is 11.4 Å². The third kappa shape index (κ3) is 2.53. The van der Waals surface area contributed by atoms with E-state index in [1.807, 2.05) is 50.4 Å². The number of aromatic nitrogens is 2. The molecule has 0 saturated heterocycles. The largest absolute Gasteiger partial charge is 0.307 e. The number of benzene rings is 1. The highest BCUT2D eigenvalue weighted by atomic mass is 35.5. The number of nitrogens with zero attached hydrogens (tertiary/aromatic N) is 3. The van der Waals surface area contributed by atoms with E-state index in [0.717, 1.165) is 29.7 Å². The van der Waals surface area contributed by atoms with E-state index in [0.29, 0.717) is 10.8 Å². The normalized spacial score (nSPS) is 25.8. The zero-order valence-electron chi connectivity index (χ0n) is 15.6. The molecule has 2 atom stereocenters. The number of allylic oxidation sites excluding steroid dienone is 2. The van der Waals surface area contributed by atoms with E-state index in [1.54, 1.807) is 0 Å². The van der Waals surface area contributed by atoms with Crippen molar-refractivity contribution in [1.29, 1.82) is 0 Å². The number of fused-ring (bicyclic) bond motifs is 3. The Morgan fingerprint density at radius 1 is 1.26 bits per heavy atom. The molecule has 0 aliphatic heterocycles. The molecule has 27 heavy (non-hydrogen) atoms. The summed E-state index contributed by atoms with van der Waals surface area (Å²) in [6.45, 7) is 13.5. The molecule has 0 amide bonds. The minimum absolute atomic E-state index is 0.0659. The summed E-state index contributed by atoms with van der Waals surface area (Å²) in [4.78, 5) is 25.8. The molecule has 0 bridgehead atoms. The molecule has 2 aliphatic carbocycles. The number of hydrogen-bond acceptors (Lipinski definition) is 3. The Hall–Kier alpha value is -2.51. The maximum Gasteiger partial charge on any atom is 0.226 e. The van der Waals surface area contributed by atoms with Crippen LogP contribution in [0.3, 0.4) is 0 Å². The summed E-state index contributed by atoms with van der Waals surface area (Å²) >= 11 is 6.35. The third-order valence-corrected chi connectivity index (χ3v) is 6.49. The number of carbonyl (C=O) groups is 1. The third-order valence-electron chi connectivity index (χ3n) is 6.16. The van der Waals surface area contributed by atoms with Crippen molar-refractivity contribution in [3.05, 3.63) is 69.9 Å². The van der Waals surface area contributed by atoms with Crippen LogP contribution < -0.4 is 0 Å². The fraction of sp³-hybridized carbons (Fsp3) is 0.364. The van der Waals surface area contributed by atoms with Gasteiger partial charge in [0.05, 0.1) is 17.3 Å². The Balaban J connectivity index is 1.95. The van der Waals surface area contributed by atoms with Gasteiger partial charge in [-0.3, -0.25) is 0 Å². The number of rotatable bonds is 1. The molecule has 2 aromatic rings. The molecule has 0 N–H and O–H groups in total. The van der Waals surface area contributed by atoms with Gasteiger partial charge in [-0.05, 0) is 36.5 Å². The maximum absolute atomic E-state index is 12.8. The summed E-state index contributed by atoms with van der Waals surface area (Å²) < 4.78 is 0. The first kappa shape index (κ1) is 17.9. The molecule has 0 fully saturated rings. The predicted molar refractivity (Wildman–Crippen MR) is 105 cm³/mol. The molecule has 1 aromatic carbocycles. The number of Topliss-reactive ketones (excluding diaryl/α,β-unsaturated/α-hetero) is 1. The smallest absolute Gasteiger partial charge is 0.226 e. The number of carbonyl (C=O) groups excluding carboxylic acids is 1. The van der Waals surface area contributed by atoms with Crippen LogP contribution in [0.2, 0.25) is 5.02 Å². The first-order chi connectivity index (χ1) is 12.8. The summed E-state index contributed by atoms with van der Waals surface area (Å²) in [7, 11) is 0. The number of halogens is 1. The van der Waals surface area contributed by atoms with Crippen LogP contribution in [0.15, 0.2) is 42.2 Å². The molecule has 0 radical (unpaired) electrons. The number of aryl methyl sites for hydroxylation is 1. The lowest BCUT2D eigenvalue weighted by atomic mass is 9.53. The highest BCUT2D eigenvalue weighted by Gasteiger charge is 2.54. The van der Waals surface area contributed by atoms with E-state index in [2.05, 4.69) is 16.8 Å². The fourth-order valence-electron chi connectivity index (χ4n) is 4.79. The van der Waals surface area contributed by atoms with Gasteiger partial charge in [0.1, 0.15) is 0 Å². The average Bonchev–Trinajstić information content (AvgIpc) is 2.65. The van der Waals surface area contributed by atoms with Gasteiger partial charge < -0.3 is 4.79 Å². The highest BCUT2D eigenvalue weighted by molar-refractivity contribution is 6.33. The van der Waals surface area contributed by atoms with Crippen molar-refractivity contribution in [2.75, 3.05) is 0 Å². The zero-order valence-corrected chi connectivity index (χ0v) is 16.3. The molecule has 0 spiro atoms. The Morgan fingerprint density at radius 3 is 2.70 bits per heavy atom. The lowest BCUT2D eigenvalue weighted by Crippen LogP contribution is -2.51. The van der Waals surface area contributed by atoms with Crippen LogP contribution in [0.25, 0.3) is 16.2 Å². The molecular formula is C22H20ClN3O. The van der Waals surface area contributed by atoms with Gasteiger partial charge in [-0.15, -0.1) is 0 Å². The second-order valence-electron chi connectivity index (χ2n) is 8.11. The van der Waals surface area contributed by atoms with E-state index in [1.165, 1.54) is 0 Å². The molecule has 136 valence electrons. The topological polar surface area (TPSA) is 47.2 Å². The Morgan fingerprint density at radius 2 is 2.00 bits per heavy atom. The van der Waals surface area contributed by atoms with Crippen molar-refractivity contribution in [1.82, 2.24) is 9.97 Å². The monoisotopic (exact) mass is 377 g/mol. The van der Waals surface area contributed by atoms with Gasteiger partial charge in [-0.2, -0.15) is 0 Å². The van der Waals surface area contributed by atoms with Crippen LogP contribution in [-0.4, -0.2) is 15.8 Å². The molecule has 1 heterocycles. The summed E-state index contributed by atoms with van der Waals surface area (Å²) in [5.74, 6) is 0.599. The van der Waals surface area contributed by atoms with Gasteiger partial charge >= 0.3 is 0 Å². The summed E-state index contributed by atoms with van der Waals surface area (Å²) in [5.41, 5.74) is 1.90. The molecule has 4 nitrogen and oxygen atoms in total. The van der Waals surface area contributed by atoms with Crippen LogP contribution in [0.1, 0.15) is 38.4 Å². The Labute approximate surface area is 164 Å². The van der Waals surface area contributed by atoms with Crippen molar-refractivity contribution >= 4 is 17.4 Å². The average molecular weight is 378 g/mol. The standard InChI is InChI=1S/C22H20ClN3O/c1-21(2)17-10-9-13-12-25-20(14-7-5-6-8-15(14)23)26-18(13)22(17,3)11-16(24-4)19(21)27/h5-8,11-12,17H,9-10H2,1-3H3/t17-,22-/m0/s1. The second-order valence-corrected chi connectivity index (χ2v) is 8.52. The van der Waals surface area contributed by atoms with Gasteiger partial charge in [-0.1, -0.05) is 50.6 Å². The molecule has 1 aromatic heterocycles. The first-order valence-corrected chi connectivity index (χ1v) is 9.43. The molecular weight excluding hydrogens is 358 g/mol. The summed E-state index contributed by atoms with van der Waals surface area (Å²) in [6, 6.07) is 7.51. The molecule has 0 unspecified atom stereocenters. The van der Waals surface area contributed by atoms with E-state index in [4.69, 9.17) is 23.2 Å². The maximum atomic E-state index is 12.8. The van der Waals surface area contributed by atoms with E-state index in [-0.39, 0.29) is 17.4 Å². The van der Waals surface area contributed by atoms with Crippen LogP contribution in [0.4, 0.5) is 0 Å². The van der Waals surface area contributed by atoms with Gasteiger partial charge in [0, 0.05) is 22.6 Å². The SMILES string of the molecule is [C-]#[N+]C1=C[C@]2(C)c3nc(-c4ccccc4Cl)ncc3CC[C@H]2C(C)(C)C1=O. The summed E-state index contributed by atoms with van der Waals surface area (Å²) in [6.07, 6.45) is 5.41. The second kappa shape index (κ2) is 6.00. The Bertz CT molecular complexity index is 1030. The number of ketones is 1. The molecule has 4 rings (SSSR count). The lowest BCUT2D eigenvalue weighted by molar-refractivity contribution is -0.128. The molecule has 2 aliphatic rings. The zero-order chi connectivity index (χ0) is 19.4.